The Morgan fingerprint density at radius 2 is 0.473 bits per heavy atom. The molecule has 0 radical (unpaired) electrons. The normalized spacial score (nSPS) is 11.5. The maximum absolute atomic E-state index is 5.18. The molecule has 0 aliphatic rings. The van der Waals surface area contributed by atoms with Crippen LogP contribution in [-0.2, 0) is 10.8 Å². The minimum atomic E-state index is -0.0374. The molecule has 0 aliphatic heterocycles. The van der Waals surface area contributed by atoms with Crippen LogP contribution < -0.4 is 0 Å². The number of benzene rings is 13. The van der Waals surface area contributed by atoms with Crippen molar-refractivity contribution in [1.82, 2.24) is 29.9 Å². The summed E-state index contributed by atoms with van der Waals surface area (Å²) >= 11 is 0. The predicted molar refractivity (Wildman–Crippen MR) is 458 cm³/mol. The molecule has 17 aromatic rings. The summed E-state index contributed by atoms with van der Waals surface area (Å²) in [6.45, 7) is 13.5. The molecule has 0 amide bonds. The summed E-state index contributed by atoms with van der Waals surface area (Å²) in [4.78, 5) is 30.6. The second kappa shape index (κ2) is 29.9. The van der Waals surface area contributed by atoms with Gasteiger partial charge in [0.2, 0.25) is 0 Å². The third-order valence-electron chi connectivity index (χ3n) is 20.9. The van der Waals surface area contributed by atoms with Gasteiger partial charge in [-0.25, -0.2) is 15.0 Å². The first-order valence-corrected chi connectivity index (χ1v) is 37.7. The molecule has 0 saturated heterocycles. The molecule has 0 atom stereocenters. The second-order valence-electron chi connectivity index (χ2n) is 30.3. The maximum Gasteiger partial charge on any atom is 0.165 e. The van der Waals surface area contributed by atoms with Gasteiger partial charge in [-0.15, -0.1) is 0 Å². The molecule has 0 N–H and O–H groups in total. The zero-order chi connectivity index (χ0) is 74.7. The maximum atomic E-state index is 5.18. The van der Waals surface area contributed by atoms with Gasteiger partial charge in [0.25, 0.3) is 0 Å². The van der Waals surface area contributed by atoms with Crippen LogP contribution in [0.15, 0.2) is 377 Å². The minimum Gasteiger partial charge on any atom is -0.256 e. The van der Waals surface area contributed by atoms with Crippen molar-refractivity contribution >= 4 is 0 Å². The first-order valence-electron chi connectivity index (χ1n) is 37.7. The van der Waals surface area contributed by atoms with Crippen LogP contribution in [0.3, 0.4) is 0 Å². The summed E-state index contributed by atoms with van der Waals surface area (Å²) in [5, 5.41) is 0. The van der Waals surface area contributed by atoms with Crippen LogP contribution in [0.25, 0.3) is 179 Å². The van der Waals surface area contributed by atoms with Gasteiger partial charge in [0.15, 0.2) is 17.5 Å². The van der Waals surface area contributed by atoms with E-state index in [-0.39, 0.29) is 10.8 Å². The molecule has 13 aromatic carbocycles. The topological polar surface area (TPSA) is 77.3 Å². The number of pyridine rings is 3. The van der Waals surface area contributed by atoms with E-state index in [2.05, 4.69) is 387 Å². The molecule has 0 spiro atoms. The van der Waals surface area contributed by atoms with Gasteiger partial charge >= 0.3 is 0 Å². The molecule has 0 bridgehead atoms. The van der Waals surface area contributed by atoms with Crippen molar-refractivity contribution in [2.24, 2.45) is 0 Å². The highest BCUT2D eigenvalue weighted by molar-refractivity contribution is 5.99. The standard InChI is InChI=1S/C104H80N6/c1-103(2,3)85-55-57-105-98(66-85)77-49-52-93(95(64-77)71-31-15-9-16-32-71)91-43-23-21-41-89(91)83-61-82(62-84(63-83)90-42-22-24-44-92(90)94-53-50-78(65-96(94)72-33-17-10-18-34-72)99-67-86(56-58-106-99)104(4,5)6)88-40-20-19-39-87(88)73-45-47-74(48-46-73)97-54-51-81(68-107-97)102-109-100(79-37-25-35-75(59-79)69-27-11-7-12-28-69)108-101(110-102)80-38-26-36-76(60-80)70-29-13-8-14-30-70/h7-68H,1-6H3. The molecule has 4 aromatic heterocycles. The van der Waals surface area contributed by atoms with Crippen LogP contribution >= 0.6 is 0 Å². The second-order valence-corrected chi connectivity index (χ2v) is 30.3. The summed E-state index contributed by atoms with van der Waals surface area (Å²) in [6, 6.07) is 129. The smallest absolute Gasteiger partial charge is 0.165 e. The fourth-order valence-corrected chi connectivity index (χ4v) is 14.9. The SMILES string of the molecule is CC(C)(C)c1ccnc(-c2ccc(-c3ccccc3-c3cc(-c4ccccc4-c4ccc(-c5ccc(-c6nc(-c7cccc(-c8ccccc8)c7)nc(-c7cccc(-c8ccccc8)c7)n6)cn5)cc4)cc(-c4ccccc4-c4ccc(-c5cc(C(C)(C)C)ccn5)cc4-c4ccccc4)c3)c(-c3ccccc3)c2)c1. The minimum absolute atomic E-state index is 0.0374. The number of rotatable bonds is 16. The van der Waals surface area contributed by atoms with E-state index in [1.165, 1.54) is 11.1 Å². The van der Waals surface area contributed by atoms with E-state index in [0.717, 1.165) is 162 Å². The monoisotopic (exact) mass is 1410 g/mol. The van der Waals surface area contributed by atoms with E-state index in [1.807, 2.05) is 30.7 Å². The number of hydrogen-bond donors (Lipinski definition) is 0. The summed E-state index contributed by atoms with van der Waals surface area (Å²) in [7, 11) is 0. The van der Waals surface area contributed by atoms with Crippen LogP contribution in [0.1, 0.15) is 52.7 Å². The molecule has 4 heterocycles. The van der Waals surface area contributed by atoms with E-state index < -0.39 is 0 Å². The molecule has 17 rings (SSSR count). The lowest BCUT2D eigenvalue weighted by atomic mass is 9.83. The quantitative estimate of drug-likeness (QED) is 0.0959. The van der Waals surface area contributed by atoms with Gasteiger partial charge in [0, 0.05) is 52.0 Å². The summed E-state index contributed by atoms with van der Waals surface area (Å²) in [5.41, 5.74) is 33.0. The van der Waals surface area contributed by atoms with E-state index in [4.69, 9.17) is 29.9 Å². The summed E-state index contributed by atoms with van der Waals surface area (Å²) in [6.07, 6.45) is 5.77. The van der Waals surface area contributed by atoms with Crippen molar-refractivity contribution in [3.05, 3.63) is 388 Å². The number of nitrogens with zero attached hydrogens (tertiary/aromatic N) is 6. The van der Waals surface area contributed by atoms with Gasteiger partial charge < -0.3 is 0 Å². The fraction of sp³-hybridized carbons (Fsp3) is 0.0769. The van der Waals surface area contributed by atoms with Crippen LogP contribution in [0, 0.1) is 0 Å². The Balaban J connectivity index is 0.773. The highest BCUT2D eigenvalue weighted by Gasteiger charge is 2.24. The Labute approximate surface area is 645 Å². The Morgan fingerprint density at radius 1 is 0.173 bits per heavy atom. The first-order chi connectivity index (χ1) is 53.8. The third-order valence-corrected chi connectivity index (χ3v) is 20.9. The van der Waals surface area contributed by atoms with Crippen molar-refractivity contribution in [3.63, 3.8) is 0 Å². The zero-order valence-electron chi connectivity index (χ0n) is 62.5. The average molecular weight is 1410 g/mol. The average Bonchev–Trinajstić information content (AvgIpc) is 0.761. The molecule has 6 nitrogen and oxygen atoms in total. The van der Waals surface area contributed by atoms with Crippen LogP contribution in [0.5, 0.6) is 0 Å². The molecule has 0 unspecified atom stereocenters. The zero-order valence-corrected chi connectivity index (χ0v) is 62.5. The van der Waals surface area contributed by atoms with Gasteiger partial charge in [0.1, 0.15) is 0 Å². The predicted octanol–water partition coefficient (Wildman–Crippen LogP) is 27.3. The van der Waals surface area contributed by atoms with E-state index in [1.54, 1.807) is 0 Å². The van der Waals surface area contributed by atoms with Crippen LogP contribution in [-0.4, -0.2) is 29.9 Å². The summed E-state index contributed by atoms with van der Waals surface area (Å²) in [5.74, 6) is 1.70. The lowest BCUT2D eigenvalue weighted by Crippen LogP contribution is -2.11. The van der Waals surface area contributed by atoms with Gasteiger partial charge in [-0.1, -0.05) is 321 Å². The number of aromatic nitrogens is 6. The van der Waals surface area contributed by atoms with Gasteiger partial charge in [-0.2, -0.15) is 0 Å². The Hall–Kier alpha value is -13.7. The fourth-order valence-electron chi connectivity index (χ4n) is 14.9. The lowest BCUT2D eigenvalue weighted by Gasteiger charge is -2.21. The van der Waals surface area contributed by atoms with Crippen molar-refractivity contribution in [2.75, 3.05) is 0 Å². The van der Waals surface area contributed by atoms with E-state index >= 15 is 0 Å². The van der Waals surface area contributed by atoms with Crippen molar-refractivity contribution in [2.45, 2.75) is 52.4 Å². The highest BCUT2D eigenvalue weighted by atomic mass is 15.0. The molecular formula is C104H80N6. The Kier molecular flexibility index (Phi) is 18.9. The molecular weight excluding hydrogens is 1330 g/mol. The third kappa shape index (κ3) is 14.6. The molecule has 526 valence electrons. The van der Waals surface area contributed by atoms with Crippen LogP contribution in [0.2, 0.25) is 0 Å². The Bertz CT molecular complexity index is 5890. The van der Waals surface area contributed by atoms with Crippen LogP contribution in [0.4, 0.5) is 0 Å². The first kappa shape index (κ1) is 69.4. The molecule has 0 saturated carbocycles. The lowest BCUT2D eigenvalue weighted by molar-refractivity contribution is 0.589. The highest BCUT2D eigenvalue weighted by Crippen LogP contribution is 2.47. The molecule has 6 heteroatoms. The molecule has 110 heavy (non-hydrogen) atoms. The van der Waals surface area contributed by atoms with Crippen molar-refractivity contribution in [1.29, 1.82) is 0 Å². The van der Waals surface area contributed by atoms with E-state index in [0.29, 0.717) is 17.5 Å². The summed E-state index contributed by atoms with van der Waals surface area (Å²) < 4.78 is 0. The van der Waals surface area contributed by atoms with Crippen molar-refractivity contribution in [3.8, 4) is 179 Å². The molecule has 0 fully saturated rings. The van der Waals surface area contributed by atoms with Gasteiger partial charge in [-0.05, 0) is 212 Å². The van der Waals surface area contributed by atoms with E-state index in [9.17, 15) is 0 Å². The van der Waals surface area contributed by atoms with Gasteiger partial charge in [-0.3, -0.25) is 15.0 Å². The molecule has 0 aliphatic carbocycles. The Morgan fingerprint density at radius 3 is 0.873 bits per heavy atom. The number of hydrogen-bond acceptors (Lipinski definition) is 6. The van der Waals surface area contributed by atoms with Crippen molar-refractivity contribution < 1.29 is 0 Å². The largest absolute Gasteiger partial charge is 0.256 e. The van der Waals surface area contributed by atoms with Gasteiger partial charge in [0.05, 0.1) is 17.1 Å².